The van der Waals surface area contributed by atoms with Crippen molar-refractivity contribution in [2.75, 3.05) is 0 Å². The summed E-state index contributed by atoms with van der Waals surface area (Å²) in [5.41, 5.74) is 0.909. The SMILES string of the molecule is Cn1ncc(-c2nc(C(F)F)cs2)c1C(=O)NC1CCn2nc(-c3cccc(F)c3)nc2C1. The number of carbonyl (C=O) groups is 1. The number of carbonyl (C=O) groups excluding carboxylic acids is 1. The van der Waals surface area contributed by atoms with Crippen LogP contribution < -0.4 is 5.32 Å². The molecule has 1 atom stereocenters. The molecule has 1 unspecified atom stereocenters. The normalized spacial score (nSPS) is 15.6. The third-order valence-corrected chi connectivity index (χ3v) is 6.31. The van der Waals surface area contributed by atoms with Gasteiger partial charge in [0.2, 0.25) is 0 Å². The predicted octanol–water partition coefficient (Wildman–Crippen LogP) is 3.62. The van der Waals surface area contributed by atoms with Crippen LogP contribution in [-0.4, -0.2) is 41.5 Å². The standard InChI is InChI=1S/C21H18F3N7OS/c1-30-17(14(9-25-30)21-27-15(10-33-21)18(23)24)20(32)26-13-5-6-31-16(8-13)28-19(29-31)11-3-2-4-12(22)7-11/h2-4,7,9-10,13,18H,5-6,8H2,1H3,(H,26,32). The van der Waals surface area contributed by atoms with E-state index in [0.29, 0.717) is 47.2 Å². The molecule has 0 saturated heterocycles. The number of amides is 1. The van der Waals surface area contributed by atoms with E-state index in [4.69, 9.17) is 0 Å². The number of thiazole rings is 1. The Kier molecular flexibility index (Phi) is 5.44. The lowest BCUT2D eigenvalue weighted by atomic mass is 10.1. The van der Waals surface area contributed by atoms with E-state index in [1.807, 2.05) is 0 Å². The van der Waals surface area contributed by atoms with Gasteiger partial charge in [-0.25, -0.2) is 27.8 Å². The highest BCUT2D eigenvalue weighted by Gasteiger charge is 2.27. The second kappa shape index (κ2) is 8.43. The first-order valence-corrected chi connectivity index (χ1v) is 11.0. The number of benzene rings is 1. The molecular formula is C21H18F3N7OS. The molecule has 170 valence electrons. The molecule has 12 heteroatoms. The fourth-order valence-corrected chi connectivity index (χ4v) is 4.63. The Labute approximate surface area is 190 Å². The lowest BCUT2D eigenvalue weighted by Gasteiger charge is -2.23. The first kappa shape index (κ1) is 21.3. The fourth-order valence-electron chi connectivity index (χ4n) is 3.81. The average molecular weight is 473 g/mol. The summed E-state index contributed by atoms with van der Waals surface area (Å²) in [5.74, 6) is 0.391. The second-order valence-electron chi connectivity index (χ2n) is 7.66. The van der Waals surface area contributed by atoms with Gasteiger partial charge in [-0.2, -0.15) is 10.2 Å². The van der Waals surface area contributed by atoms with Crippen LogP contribution in [0.4, 0.5) is 13.2 Å². The van der Waals surface area contributed by atoms with Crippen LogP contribution in [0, 0.1) is 5.82 Å². The van der Waals surface area contributed by atoms with E-state index in [1.54, 1.807) is 23.9 Å². The lowest BCUT2D eigenvalue weighted by molar-refractivity contribution is 0.0921. The van der Waals surface area contributed by atoms with Crippen LogP contribution in [0.1, 0.15) is 34.9 Å². The summed E-state index contributed by atoms with van der Waals surface area (Å²) in [5, 5.41) is 13.2. The molecule has 4 aromatic rings. The van der Waals surface area contributed by atoms with E-state index < -0.39 is 6.43 Å². The van der Waals surface area contributed by atoms with Gasteiger partial charge in [0.25, 0.3) is 12.3 Å². The number of aryl methyl sites for hydroxylation is 2. The van der Waals surface area contributed by atoms with Gasteiger partial charge in [-0.1, -0.05) is 12.1 Å². The van der Waals surface area contributed by atoms with Crippen LogP contribution in [0.25, 0.3) is 22.0 Å². The monoisotopic (exact) mass is 473 g/mol. The Morgan fingerprint density at radius 1 is 1.30 bits per heavy atom. The summed E-state index contributed by atoms with van der Waals surface area (Å²) in [6.07, 6.45) is -0.148. The van der Waals surface area contributed by atoms with Crippen molar-refractivity contribution < 1.29 is 18.0 Å². The van der Waals surface area contributed by atoms with Crippen LogP contribution >= 0.6 is 11.3 Å². The molecule has 0 bridgehead atoms. The molecule has 1 amide bonds. The van der Waals surface area contributed by atoms with E-state index in [9.17, 15) is 18.0 Å². The average Bonchev–Trinajstić information content (AvgIpc) is 3.51. The van der Waals surface area contributed by atoms with Crippen molar-refractivity contribution in [3.05, 3.63) is 58.9 Å². The van der Waals surface area contributed by atoms with Gasteiger partial charge in [-0.15, -0.1) is 11.3 Å². The largest absolute Gasteiger partial charge is 0.347 e. The molecule has 5 rings (SSSR count). The van der Waals surface area contributed by atoms with Crippen molar-refractivity contribution in [2.45, 2.75) is 31.9 Å². The van der Waals surface area contributed by atoms with Gasteiger partial charge in [-0.05, 0) is 18.6 Å². The number of nitrogens with zero attached hydrogens (tertiary/aromatic N) is 6. The highest BCUT2D eigenvalue weighted by molar-refractivity contribution is 7.13. The maximum absolute atomic E-state index is 13.5. The molecule has 0 spiro atoms. The zero-order chi connectivity index (χ0) is 23.1. The Bertz CT molecular complexity index is 1330. The van der Waals surface area contributed by atoms with Gasteiger partial charge < -0.3 is 5.32 Å². The number of hydrogen-bond donors (Lipinski definition) is 1. The predicted molar refractivity (Wildman–Crippen MR) is 114 cm³/mol. The molecule has 1 aliphatic rings. The van der Waals surface area contributed by atoms with E-state index in [1.165, 1.54) is 28.4 Å². The fraction of sp³-hybridized carbons (Fsp3) is 0.286. The van der Waals surface area contributed by atoms with Gasteiger partial charge in [0, 0.05) is 37.0 Å². The number of hydrogen-bond acceptors (Lipinski definition) is 6. The molecule has 0 saturated carbocycles. The third kappa shape index (κ3) is 4.13. The van der Waals surface area contributed by atoms with Gasteiger partial charge in [-0.3, -0.25) is 9.48 Å². The number of nitrogens with one attached hydrogen (secondary N) is 1. The molecule has 8 nitrogen and oxygen atoms in total. The highest BCUT2D eigenvalue weighted by Crippen LogP contribution is 2.30. The zero-order valence-corrected chi connectivity index (χ0v) is 18.2. The van der Waals surface area contributed by atoms with E-state index >= 15 is 0 Å². The van der Waals surface area contributed by atoms with Gasteiger partial charge in [0.1, 0.15) is 28.0 Å². The maximum atomic E-state index is 13.5. The van der Waals surface area contributed by atoms with Crippen LogP contribution in [0.2, 0.25) is 0 Å². The minimum Gasteiger partial charge on any atom is -0.347 e. The summed E-state index contributed by atoms with van der Waals surface area (Å²) in [6, 6.07) is 5.88. The van der Waals surface area contributed by atoms with Crippen molar-refractivity contribution in [3.8, 4) is 22.0 Å². The van der Waals surface area contributed by atoms with Gasteiger partial charge >= 0.3 is 0 Å². The number of fused-ring (bicyclic) bond motifs is 1. The van der Waals surface area contributed by atoms with Crippen LogP contribution in [0.15, 0.2) is 35.8 Å². The van der Waals surface area contributed by atoms with Crippen molar-refractivity contribution in [2.24, 2.45) is 7.05 Å². The minimum atomic E-state index is -2.68. The van der Waals surface area contributed by atoms with Crippen molar-refractivity contribution in [3.63, 3.8) is 0 Å². The Balaban J connectivity index is 1.33. The second-order valence-corrected chi connectivity index (χ2v) is 8.52. The van der Waals surface area contributed by atoms with Crippen LogP contribution in [0.3, 0.4) is 0 Å². The first-order valence-electron chi connectivity index (χ1n) is 10.2. The Morgan fingerprint density at radius 2 is 2.15 bits per heavy atom. The topological polar surface area (TPSA) is 90.5 Å². The zero-order valence-electron chi connectivity index (χ0n) is 17.4. The molecule has 1 N–H and O–H groups in total. The van der Waals surface area contributed by atoms with Crippen LogP contribution in [-0.2, 0) is 20.0 Å². The summed E-state index contributed by atoms with van der Waals surface area (Å²) in [6.45, 7) is 0.547. The van der Waals surface area contributed by atoms with Crippen molar-refractivity contribution in [1.29, 1.82) is 0 Å². The Hall–Kier alpha value is -3.54. The first-order chi connectivity index (χ1) is 15.9. The molecule has 0 fully saturated rings. The number of aromatic nitrogens is 6. The highest BCUT2D eigenvalue weighted by atomic mass is 32.1. The van der Waals surface area contributed by atoms with Gasteiger partial charge in [0.05, 0.1) is 11.8 Å². The molecule has 33 heavy (non-hydrogen) atoms. The molecular weight excluding hydrogens is 455 g/mol. The summed E-state index contributed by atoms with van der Waals surface area (Å²) >= 11 is 1.04. The van der Waals surface area contributed by atoms with Crippen molar-refractivity contribution >= 4 is 17.2 Å². The Morgan fingerprint density at radius 3 is 2.91 bits per heavy atom. The smallest absolute Gasteiger partial charge is 0.281 e. The summed E-state index contributed by atoms with van der Waals surface area (Å²) < 4.78 is 42.6. The van der Waals surface area contributed by atoms with E-state index in [0.717, 1.165) is 11.3 Å². The number of alkyl halides is 2. The molecule has 4 heterocycles. The quantitative estimate of drug-likeness (QED) is 0.478. The molecule has 0 aliphatic carbocycles. The molecule has 0 radical (unpaired) electrons. The lowest BCUT2D eigenvalue weighted by Crippen LogP contribution is -2.41. The van der Waals surface area contributed by atoms with Gasteiger partial charge in [0.15, 0.2) is 5.82 Å². The minimum absolute atomic E-state index is 0.203. The molecule has 3 aromatic heterocycles. The summed E-state index contributed by atoms with van der Waals surface area (Å²) in [4.78, 5) is 21.5. The number of halogens is 3. The van der Waals surface area contributed by atoms with E-state index in [-0.39, 0.29) is 29.2 Å². The van der Waals surface area contributed by atoms with E-state index in [2.05, 4.69) is 25.5 Å². The van der Waals surface area contributed by atoms with Crippen molar-refractivity contribution in [1.82, 2.24) is 34.8 Å². The summed E-state index contributed by atoms with van der Waals surface area (Å²) in [7, 11) is 1.61. The third-order valence-electron chi connectivity index (χ3n) is 5.41. The maximum Gasteiger partial charge on any atom is 0.281 e. The number of rotatable bonds is 5. The van der Waals surface area contributed by atoms with Crippen LogP contribution in [0.5, 0.6) is 0 Å². The molecule has 1 aliphatic heterocycles. The molecule has 1 aromatic carbocycles.